The van der Waals surface area contributed by atoms with E-state index in [-0.39, 0.29) is 11.5 Å². The van der Waals surface area contributed by atoms with Gasteiger partial charge in [-0.25, -0.2) is 4.39 Å². The van der Waals surface area contributed by atoms with Crippen molar-refractivity contribution in [3.8, 4) is 22.4 Å². The Bertz CT molecular complexity index is 824. The number of rotatable bonds is 3. The van der Waals surface area contributed by atoms with Gasteiger partial charge in [0.15, 0.2) is 0 Å². The second-order valence-corrected chi connectivity index (χ2v) is 4.77. The first kappa shape index (κ1) is 13.9. The molecular weight excluding hydrogens is 287 g/mol. The van der Waals surface area contributed by atoms with Crippen molar-refractivity contribution in [1.29, 1.82) is 0 Å². The molecule has 2 aromatic carbocycles. The highest BCUT2D eigenvalue weighted by atomic mass is 19.1. The zero-order chi connectivity index (χ0) is 15.7. The predicted molar refractivity (Wildman–Crippen MR) is 78.7 cm³/mol. The van der Waals surface area contributed by atoms with Gasteiger partial charge in [-0.1, -0.05) is 17.3 Å². The fourth-order valence-corrected chi connectivity index (χ4v) is 2.27. The average molecular weight is 298 g/mol. The zero-order valence-electron chi connectivity index (χ0n) is 11.6. The molecule has 0 aliphatic rings. The molecule has 0 amide bonds. The Morgan fingerprint density at radius 3 is 2.23 bits per heavy atom. The van der Waals surface area contributed by atoms with Crippen LogP contribution in [0.1, 0.15) is 5.76 Å². The number of halogens is 1. The molecule has 1 heterocycles. The van der Waals surface area contributed by atoms with Crippen LogP contribution in [0.25, 0.3) is 22.4 Å². The third-order valence-corrected chi connectivity index (χ3v) is 3.35. The van der Waals surface area contributed by atoms with E-state index >= 15 is 0 Å². The first-order chi connectivity index (χ1) is 10.6. The van der Waals surface area contributed by atoms with Gasteiger partial charge >= 0.3 is 0 Å². The largest absolute Gasteiger partial charge is 0.360 e. The summed E-state index contributed by atoms with van der Waals surface area (Å²) < 4.78 is 18.3. The molecule has 0 atom stereocenters. The molecule has 0 bridgehead atoms. The second kappa shape index (κ2) is 5.40. The van der Waals surface area contributed by atoms with Crippen molar-refractivity contribution in [3.05, 3.63) is 70.2 Å². The second-order valence-electron chi connectivity index (χ2n) is 4.77. The van der Waals surface area contributed by atoms with Gasteiger partial charge in [-0.05, 0) is 36.8 Å². The molecule has 0 aliphatic carbocycles. The van der Waals surface area contributed by atoms with Gasteiger partial charge in [0.1, 0.15) is 17.3 Å². The molecule has 0 saturated heterocycles. The molecule has 0 fully saturated rings. The minimum atomic E-state index is -0.460. The first-order valence-corrected chi connectivity index (χ1v) is 6.53. The summed E-state index contributed by atoms with van der Waals surface area (Å²) in [6, 6.07) is 12.1. The van der Waals surface area contributed by atoms with E-state index in [9.17, 15) is 14.5 Å². The molecule has 22 heavy (non-hydrogen) atoms. The summed E-state index contributed by atoms with van der Waals surface area (Å²) >= 11 is 0. The highest BCUT2D eigenvalue weighted by Crippen LogP contribution is 2.34. The molecular formula is C16H11FN2O3. The van der Waals surface area contributed by atoms with Crippen LogP contribution in [0.2, 0.25) is 0 Å². The third-order valence-electron chi connectivity index (χ3n) is 3.35. The average Bonchev–Trinajstić information content (AvgIpc) is 2.90. The summed E-state index contributed by atoms with van der Waals surface area (Å²) in [5, 5.41) is 14.7. The Balaban J connectivity index is 2.09. The van der Waals surface area contributed by atoms with E-state index in [2.05, 4.69) is 5.16 Å². The van der Waals surface area contributed by atoms with Gasteiger partial charge in [-0.2, -0.15) is 0 Å². The van der Waals surface area contributed by atoms with Crippen LogP contribution in [-0.4, -0.2) is 10.1 Å². The lowest BCUT2D eigenvalue weighted by molar-refractivity contribution is -0.384. The molecule has 0 saturated carbocycles. The van der Waals surface area contributed by atoms with E-state index < -0.39 is 4.92 Å². The van der Waals surface area contributed by atoms with Gasteiger partial charge in [0, 0.05) is 17.7 Å². The van der Waals surface area contributed by atoms with E-state index in [1.807, 2.05) is 0 Å². The number of hydrogen-bond donors (Lipinski definition) is 0. The van der Waals surface area contributed by atoms with Crippen LogP contribution in [0.5, 0.6) is 0 Å². The van der Waals surface area contributed by atoms with E-state index in [1.54, 1.807) is 31.2 Å². The smallest absolute Gasteiger partial charge is 0.269 e. The number of non-ortho nitro benzene ring substituents is 1. The summed E-state index contributed by atoms with van der Waals surface area (Å²) in [5.74, 6) is 0.273. The summed E-state index contributed by atoms with van der Waals surface area (Å²) in [4.78, 5) is 10.2. The highest BCUT2D eigenvalue weighted by molar-refractivity contribution is 5.82. The van der Waals surface area contributed by atoms with Crippen LogP contribution in [0.15, 0.2) is 53.1 Å². The SMILES string of the molecule is Cc1onc(-c2ccc([N+](=O)[O-])cc2)c1-c1ccc(F)cc1. The molecule has 0 radical (unpaired) electrons. The van der Waals surface area contributed by atoms with Crippen molar-refractivity contribution in [2.75, 3.05) is 0 Å². The fourth-order valence-electron chi connectivity index (χ4n) is 2.27. The number of hydrogen-bond acceptors (Lipinski definition) is 4. The minimum absolute atomic E-state index is 0.00676. The topological polar surface area (TPSA) is 69.2 Å². The van der Waals surface area contributed by atoms with Crippen LogP contribution in [-0.2, 0) is 0 Å². The maximum Gasteiger partial charge on any atom is 0.269 e. The summed E-state index contributed by atoms with van der Waals surface area (Å²) in [6.45, 7) is 1.76. The monoisotopic (exact) mass is 298 g/mol. The molecule has 110 valence electrons. The van der Waals surface area contributed by atoms with Crippen molar-refractivity contribution in [3.63, 3.8) is 0 Å². The van der Waals surface area contributed by atoms with E-state index in [1.165, 1.54) is 24.3 Å². The van der Waals surface area contributed by atoms with Crippen LogP contribution in [0, 0.1) is 22.9 Å². The van der Waals surface area contributed by atoms with Crippen LogP contribution in [0.4, 0.5) is 10.1 Å². The lowest BCUT2D eigenvalue weighted by Gasteiger charge is -2.03. The number of benzene rings is 2. The maximum atomic E-state index is 13.1. The quantitative estimate of drug-likeness (QED) is 0.532. The number of nitro benzene ring substituents is 1. The Kier molecular flexibility index (Phi) is 3.42. The van der Waals surface area contributed by atoms with Gasteiger partial charge in [0.25, 0.3) is 5.69 Å². The Morgan fingerprint density at radius 2 is 1.64 bits per heavy atom. The van der Waals surface area contributed by atoms with Crippen molar-refractivity contribution >= 4 is 5.69 Å². The Labute approximate surface area is 125 Å². The van der Waals surface area contributed by atoms with Gasteiger partial charge in [0.05, 0.1) is 10.5 Å². The normalized spacial score (nSPS) is 10.6. The van der Waals surface area contributed by atoms with Gasteiger partial charge < -0.3 is 4.52 Å². The van der Waals surface area contributed by atoms with Crippen LogP contribution in [0.3, 0.4) is 0 Å². The molecule has 0 spiro atoms. The third kappa shape index (κ3) is 2.46. The maximum absolute atomic E-state index is 13.1. The van der Waals surface area contributed by atoms with Crippen molar-refractivity contribution in [2.24, 2.45) is 0 Å². The summed E-state index contributed by atoms with van der Waals surface area (Å²) in [7, 11) is 0. The molecule has 0 unspecified atom stereocenters. The lowest BCUT2D eigenvalue weighted by Crippen LogP contribution is -1.88. The minimum Gasteiger partial charge on any atom is -0.360 e. The number of nitro groups is 1. The Morgan fingerprint density at radius 1 is 1.05 bits per heavy atom. The molecule has 5 nitrogen and oxygen atoms in total. The fraction of sp³-hybridized carbons (Fsp3) is 0.0625. The summed E-state index contributed by atoms with van der Waals surface area (Å²) in [6.07, 6.45) is 0. The number of nitrogens with zero attached hydrogens (tertiary/aromatic N) is 2. The number of aryl methyl sites for hydroxylation is 1. The van der Waals surface area contributed by atoms with E-state index in [0.29, 0.717) is 17.0 Å². The first-order valence-electron chi connectivity index (χ1n) is 6.53. The Hall–Kier alpha value is -3.02. The van der Waals surface area contributed by atoms with Crippen molar-refractivity contribution in [2.45, 2.75) is 6.92 Å². The van der Waals surface area contributed by atoms with E-state index in [4.69, 9.17) is 4.52 Å². The van der Waals surface area contributed by atoms with E-state index in [0.717, 1.165) is 11.1 Å². The van der Waals surface area contributed by atoms with Gasteiger partial charge in [-0.15, -0.1) is 0 Å². The lowest BCUT2D eigenvalue weighted by atomic mass is 9.99. The standard InChI is InChI=1S/C16H11FN2O3/c1-10-15(11-2-6-13(17)7-3-11)16(18-22-10)12-4-8-14(9-5-12)19(20)21/h2-9H,1H3. The summed E-state index contributed by atoms with van der Waals surface area (Å²) in [5.41, 5.74) is 2.79. The van der Waals surface area contributed by atoms with Crippen molar-refractivity contribution < 1.29 is 13.8 Å². The van der Waals surface area contributed by atoms with Crippen molar-refractivity contribution in [1.82, 2.24) is 5.16 Å². The molecule has 0 aliphatic heterocycles. The zero-order valence-corrected chi connectivity index (χ0v) is 11.6. The molecule has 1 aromatic heterocycles. The predicted octanol–water partition coefficient (Wildman–Crippen LogP) is 4.36. The highest BCUT2D eigenvalue weighted by Gasteiger charge is 2.17. The van der Waals surface area contributed by atoms with Crippen LogP contribution < -0.4 is 0 Å². The molecule has 0 N–H and O–H groups in total. The van der Waals surface area contributed by atoms with Gasteiger partial charge in [0.2, 0.25) is 0 Å². The van der Waals surface area contributed by atoms with Crippen LogP contribution >= 0.6 is 0 Å². The number of aromatic nitrogens is 1. The molecule has 3 rings (SSSR count). The van der Waals surface area contributed by atoms with Gasteiger partial charge in [-0.3, -0.25) is 10.1 Å². The molecule has 6 heteroatoms. The molecule has 3 aromatic rings.